The Morgan fingerprint density at radius 3 is 2.06 bits per heavy atom. The number of unbranched alkanes of at least 4 members (excludes halogenated alkanes) is 1. The molecule has 1 unspecified atom stereocenters. The molecule has 0 fully saturated rings. The highest BCUT2D eigenvalue weighted by atomic mass is 32.1. The molecule has 0 spiro atoms. The molecule has 0 saturated carbocycles. The average molecular weight is 479 g/mol. The van der Waals surface area contributed by atoms with Crippen molar-refractivity contribution in [1.82, 2.24) is 21.3 Å². The van der Waals surface area contributed by atoms with E-state index in [0.29, 0.717) is 38.5 Å². The van der Waals surface area contributed by atoms with Gasteiger partial charge in [-0.05, 0) is 30.7 Å². The zero-order valence-electron chi connectivity index (χ0n) is 20.0. The molecule has 0 aliphatic heterocycles. The highest BCUT2D eigenvalue weighted by molar-refractivity contribution is 7.81. The van der Waals surface area contributed by atoms with Gasteiger partial charge >= 0.3 is 0 Å². The predicted molar refractivity (Wildman–Crippen MR) is 133 cm³/mol. The largest absolute Gasteiger partial charge is 0.359 e. The highest BCUT2D eigenvalue weighted by Crippen LogP contribution is 2.12. The van der Waals surface area contributed by atoms with Crippen molar-refractivity contribution in [1.29, 1.82) is 0 Å². The van der Waals surface area contributed by atoms with E-state index < -0.39 is 23.2 Å². The van der Waals surface area contributed by atoms with Crippen molar-refractivity contribution < 1.29 is 19.2 Å². The minimum atomic E-state index is -0.777. The van der Waals surface area contributed by atoms with Crippen LogP contribution in [-0.2, 0) is 25.6 Å². The van der Waals surface area contributed by atoms with E-state index in [1.807, 2.05) is 44.2 Å². The van der Waals surface area contributed by atoms with Gasteiger partial charge < -0.3 is 21.3 Å². The fraction of sp³-hybridized carbons (Fsp3) is 0.583. The summed E-state index contributed by atoms with van der Waals surface area (Å²) in [5.41, 5.74) is 0.919. The smallest absolute Gasteiger partial charge is 0.243 e. The second-order valence-corrected chi connectivity index (χ2v) is 9.11. The Kier molecular flexibility index (Phi) is 13.2. The summed E-state index contributed by atoms with van der Waals surface area (Å²) in [6.45, 7) is 3.92. The fourth-order valence-corrected chi connectivity index (χ4v) is 3.61. The molecule has 0 aliphatic rings. The van der Waals surface area contributed by atoms with Gasteiger partial charge in [0.25, 0.3) is 0 Å². The highest BCUT2D eigenvalue weighted by Gasteiger charge is 2.28. The van der Waals surface area contributed by atoms with Crippen LogP contribution in [0.25, 0.3) is 0 Å². The molecule has 3 atom stereocenters. The van der Waals surface area contributed by atoms with Crippen molar-refractivity contribution >= 4 is 36.3 Å². The number of nitrogens with one attached hydrogen (secondary N) is 4. The van der Waals surface area contributed by atoms with Crippen LogP contribution in [0.5, 0.6) is 0 Å². The van der Waals surface area contributed by atoms with E-state index in [2.05, 4.69) is 33.9 Å². The molecule has 1 rings (SSSR count). The Bertz CT molecular complexity index is 773. The first-order valence-corrected chi connectivity index (χ1v) is 11.9. The molecule has 0 aliphatic carbocycles. The van der Waals surface area contributed by atoms with E-state index in [-0.39, 0.29) is 23.6 Å². The number of rotatable bonds is 14. The molecule has 4 amide bonds. The van der Waals surface area contributed by atoms with Gasteiger partial charge in [-0.25, -0.2) is 0 Å². The molecule has 9 heteroatoms. The van der Waals surface area contributed by atoms with Crippen LogP contribution in [0.4, 0.5) is 0 Å². The van der Waals surface area contributed by atoms with Gasteiger partial charge in [-0.1, -0.05) is 50.6 Å². The molecule has 0 saturated heterocycles. The van der Waals surface area contributed by atoms with E-state index in [1.165, 1.54) is 7.05 Å². The number of benzene rings is 1. The van der Waals surface area contributed by atoms with Crippen molar-refractivity contribution in [3.8, 4) is 0 Å². The normalized spacial score (nSPS) is 13.5. The Hall–Kier alpha value is -2.55. The van der Waals surface area contributed by atoms with Crippen molar-refractivity contribution in [2.45, 2.75) is 69.7 Å². The summed E-state index contributed by atoms with van der Waals surface area (Å²) in [5.74, 6) is -0.921. The van der Waals surface area contributed by atoms with Crippen LogP contribution in [0.2, 0.25) is 0 Å². The molecular weight excluding hydrogens is 440 g/mol. The Labute approximate surface area is 202 Å². The van der Waals surface area contributed by atoms with Crippen LogP contribution in [0.15, 0.2) is 30.3 Å². The van der Waals surface area contributed by atoms with Crippen molar-refractivity contribution in [2.24, 2.45) is 5.92 Å². The van der Waals surface area contributed by atoms with Gasteiger partial charge in [0.15, 0.2) is 0 Å². The van der Waals surface area contributed by atoms with Crippen LogP contribution < -0.4 is 21.3 Å². The first-order valence-electron chi connectivity index (χ1n) is 11.4. The monoisotopic (exact) mass is 478 g/mol. The quantitative estimate of drug-likeness (QED) is 0.206. The minimum absolute atomic E-state index is 0.0370. The second-order valence-electron chi connectivity index (χ2n) is 8.49. The summed E-state index contributed by atoms with van der Waals surface area (Å²) in [6.07, 6.45) is 3.00. The van der Waals surface area contributed by atoms with Crippen molar-refractivity contribution in [2.75, 3.05) is 14.1 Å². The van der Waals surface area contributed by atoms with Crippen LogP contribution >= 0.6 is 12.6 Å². The molecule has 1 aromatic carbocycles. The minimum Gasteiger partial charge on any atom is -0.359 e. The Morgan fingerprint density at radius 2 is 1.48 bits per heavy atom. The first-order chi connectivity index (χ1) is 15.7. The molecule has 0 radical (unpaired) electrons. The number of likely N-dealkylation sites (N-methyl/N-ethyl adjacent to an activating group) is 1. The van der Waals surface area contributed by atoms with Gasteiger partial charge in [0.1, 0.15) is 12.1 Å². The van der Waals surface area contributed by atoms with Gasteiger partial charge in [0.2, 0.25) is 23.6 Å². The number of amides is 4. The van der Waals surface area contributed by atoms with Gasteiger partial charge in [0.05, 0.1) is 5.25 Å². The molecule has 8 nitrogen and oxygen atoms in total. The summed E-state index contributed by atoms with van der Waals surface area (Å²) >= 11 is 4.38. The number of hydrogen-bond acceptors (Lipinski definition) is 5. The lowest BCUT2D eigenvalue weighted by Gasteiger charge is -2.25. The number of hydrogen-bond donors (Lipinski definition) is 5. The summed E-state index contributed by atoms with van der Waals surface area (Å²) in [7, 11) is 3.11. The van der Waals surface area contributed by atoms with E-state index in [9.17, 15) is 19.2 Å². The third kappa shape index (κ3) is 11.2. The van der Waals surface area contributed by atoms with Crippen LogP contribution in [0.1, 0.15) is 51.5 Å². The lowest BCUT2D eigenvalue weighted by molar-refractivity contribution is -0.132. The van der Waals surface area contributed by atoms with Crippen molar-refractivity contribution in [3.05, 3.63) is 35.9 Å². The van der Waals surface area contributed by atoms with Crippen LogP contribution in [-0.4, -0.2) is 55.1 Å². The standard InChI is InChI=1S/C24H38N4O4S/c1-16(2)14-18(28-24(32)20(33)12-8-9-13-21(29)25-3)23(31)27-19(22(30)26-4)15-17-10-6-5-7-11-17/h5-7,10-11,16,18-20,33H,8-9,12-15H2,1-4H3,(H,25,29)(H,26,30)(H,27,31)(H,28,32)/t18-,19-,20?/m0/s1. The molecule has 0 bridgehead atoms. The Balaban J connectivity index is 2.75. The lowest BCUT2D eigenvalue weighted by Crippen LogP contribution is -2.55. The predicted octanol–water partition coefficient (Wildman–Crippen LogP) is 1.60. The van der Waals surface area contributed by atoms with Gasteiger partial charge in [-0.3, -0.25) is 19.2 Å². The van der Waals surface area contributed by atoms with E-state index >= 15 is 0 Å². The topological polar surface area (TPSA) is 116 Å². The summed E-state index contributed by atoms with van der Waals surface area (Å²) < 4.78 is 0. The summed E-state index contributed by atoms with van der Waals surface area (Å²) in [4.78, 5) is 49.4. The zero-order chi connectivity index (χ0) is 24.8. The van der Waals surface area contributed by atoms with Gasteiger partial charge in [0, 0.05) is 26.9 Å². The third-order valence-electron chi connectivity index (χ3n) is 5.22. The Morgan fingerprint density at radius 1 is 0.848 bits per heavy atom. The van der Waals surface area contributed by atoms with Crippen LogP contribution in [0.3, 0.4) is 0 Å². The van der Waals surface area contributed by atoms with Crippen LogP contribution in [0, 0.1) is 5.92 Å². The van der Waals surface area contributed by atoms with E-state index in [1.54, 1.807) is 7.05 Å². The average Bonchev–Trinajstić information content (AvgIpc) is 2.80. The van der Waals surface area contributed by atoms with Gasteiger partial charge in [-0.2, -0.15) is 12.6 Å². The first kappa shape index (κ1) is 28.5. The molecule has 4 N–H and O–H groups in total. The van der Waals surface area contributed by atoms with Crippen molar-refractivity contribution in [3.63, 3.8) is 0 Å². The second kappa shape index (κ2) is 15.3. The maximum Gasteiger partial charge on any atom is 0.243 e. The van der Waals surface area contributed by atoms with E-state index in [4.69, 9.17) is 0 Å². The van der Waals surface area contributed by atoms with E-state index in [0.717, 1.165) is 5.56 Å². The number of carbonyl (C=O) groups is 4. The summed E-state index contributed by atoms with van der Waals surface area (Å²) in [5, 5.41) is 10.2. The summed E-state index contributed by atoms with van der Waals surface area (Å²) in [6, 6.07) is 7.89. The zero-order valence-corrected chi connectivity index (χ0v) is 20.9. The molecule has 33 heavy (non-hydrogen) atoms. The maximum absolute atomic E-state index is 13.1. The molecule has 0 heterocycles. The SMILES string of the molecule is CNC(=O)CCCCC(S)C(=O)N[C@@H](CC(C)C)C(=O)N[C@@H](Cc1ccccc1)C(=O)NC. The number of thiol groups is 1. The van der Waals surface area contributed by atoms with Gasteiger partial charge in [-0.15, -0.1) is 0 Å². The molecular formula is C24H38N4O4S. The molecule has 0 aromatic heterocycles. The fourth-order valence-electron chi connectivity index (χ4n) is 3.36. The molecule has 1 aromatic rings. The lowest BCUT2D eigenvalue weighted by atomic mass is 10.0. The maximum atomic E-state index is 13.1. The third-order valence-corrected chi connectivity index (χ3v) is 5.71. The molecule has 184 valence electrons. The number of carbonyl (C=O) groups excluding carboxylic acids is 4.